The Hall–Kier alpha value is -2.30. The molecule has 1 N–H and O–H groups in total. The molecule has 1 saturated carbocycles. The van der Waals surface area contributed by atoms with Crippen LogP contribution in [-0.2, 0) is 13.1 Å². The normalized spacial score (nSPS) is 14.7. The van der Waals surface area contributed by atoms with Crippen LogP contribution in [0.25, 0.3) is 11.1 Å². The van der Waals surface area contributed by atoms with Gasteiger partial charge in [-0.25, -0.2) is 9.97 Å². The maximum absolute atomic E-state index is 5.78. The predicted molar refractivity (Wildman–Crippen MR) is 81.2 cm³/mol. The molecule has 1 fully saturated rings. The number of hydrogen-bond donors (Lipinski definition) is 1. The van der Waals surface area contributed by atoms with Crippen LogP contribution in [0.1, 0.15) is 37.3 Å². The second kappa shape index (κ2) is 4.91. The molecule has 0 aliphatic heterocycles. The molecule has 1 aliphatic carbocycles. The van der Waals surface area contributed by atoms with Gasteiger partial charge >= 0.3 is 0 Å². The molecule has 0 spiro atoms. The van der Waals surface area contributed by atoms with Crippen molar-refractivity contribution in [2.24, 2.45) is 0 Å². The van der Waals surface area contributed by atoms with E-state index in [2.05, 4.69) is 32.8 Å². The van der Waals surface area contributed by atoms with E-state index in [0.717, 1.165) is 35.8 Å². The van der Waals surface area contributed by atoms with Gasteiger partial charge in [-0.05, 0) is 38.0 Å². The number of anilines is 1. The van der Waals surface area contributed by atoms with E-state index in [9.17, 15) is 0 Å². The average molecular weight is 282 g/mol. The van der Waals surface area contributed by atoms with Gasteiger partial charge in [-0.15, -0.1) is 0 Å². The van der Waals surface area contributed by atoms with Crippen molar-refractivity contribution >= 4 is 16.8 Å². The van der Waals surface area contributed by atoms with Crippen LogP contribution < -0.4 is 5.32 Å². The first-order chi connectivity index (χ1) is 10.3. The minimum absolute atomic E-state index is 0.549. The lowest BCUT2D eigenvalue weighted by molar-refractivity contribution is 0.533. The molecule has 5 nitrogen and oxygen atoms in total. The lowest BCUT2D eigenvalue weighted by atomic mass is 10.3. The molecule has 3 aromatic rings. The maximum atomic E-state index is 5.78. The van der Waals surface area contributed by atoms with E-state index in [1.165, 1.54) is 18.5 Å². The van der Waals surface area contributed by atoms with E-state index >= 15 is 0 Å². The highest BCUT2D eigenvalue weighted by Gasteiger charge is 2.28. The first kappa shape index (κ1) is 12.4. The van der Waals surface area contributed by atoms with Crippen molar-refractivity contribution in [3.63, 3.8) is 0 Å². The fourth-order valence-electron chi connectivity index (χ4n) is 2.53. The molecule has 0 atom stereocenters. The van der Waals surface area contributed by atoms with Crippen molar-refractivity contribution in [3.8, 4) is 0 Å². The van der Waals surface area contributed by atoms with Crippen LogP contribution in [0, 0.1) is 0 Å². The van der Waals surface area contributed by atoms with E-state index in [4.69, 9.17) is 4.42 Å². The van der Waals surface area contributed by atoms with Gasteiger partial charge in [0.1, 0.15) is 5.52 Å². The number of aryl methyl sites for hydroxylation is 1. The third-order valence-corrected chi connectivity index (χ3v) is 3.94. The van der Waals surface area contributed by atoms with E-state index in [1.807, 2.05) is 24.7 Å². The van der Waals surface area contributed by atoms with Crippen LogP contribution >= 0.6 is 0 Å². The lowest BCUT2D eigenvalue weighted by Crippen LogP contribution is -2.05. The molecule has 4 rings (SSSR count). The highest BCUT2D eigenvalue weighted by atomic mass is 16.3. The summed E-state index contributed by atoms with van der Waals surface area (Å²) in [5, 5.41) is 3.43. The summed E-state index contributed by atoms with van der Waals surface area (Å²) >= 11 is 0. The first-order valence-corrected chi connectivity index (χ1v) is 7.47. The summed E-state index contributed by atoms with van der Waals surface area (Å²) in [4.78, 5) is 8.77. The summed E-state index contributed by atoms with van der Waals surface area (Å²) in [6, 6.07) is 6.09. The lowest BCUT2D eigenvalue weighted by Gasteiger charge is -2.08. The zero-order valence-electron chi connectivity index (χ0n) is 12.0. The number of imidazole rings is 1. The molecular weight excluding hydrogens is 264 g/mol. The third kappa shape index (κ3) is 2.39. The molecular formula is C16H18N4O. The van der Waals surface area contributed by atoms with E-state index in [1.54, 1.807) is 0 Å². The summed E-state index contributed by atoms with van der Waals surface area (Å²) in [7, 11) is 0. The fraction of sp³-hybridized carbons (Fsp3) is 0.375. The smallest absolute Gasteiger partial charge is 0.198 e. The van der Waals surface area contributed by atoms with Crippen molar-refractivity contribution in [1.82, 2.24) is 14.5 Å². The molecule has 0 amide bonds. The molecule has 0 unspecified atom stereocenters. The summed E-state index contributed by atoms with van der Waals surface area (Å²) in [5.41, 5.74) is 4.05. The molecule has 0 radical (unpaired) electrons. The number of hydrogen-bond acceptors (Lipinski definition) is 4. The van der Waals surface area contributed by atoms with Gasteiger partial charge in [0, 0.05) is 24.3 Å². The van der Waals surface area contributed by atoms with Crippen molar-refractivity contribution in [1.29, 1.82) is 0 Å². The maximum Gasteiger partial charge on any atom is 0.198 e. The molecule has 108 valence electrons. The van der Waals surface area contributed by atoms with Crippen LogP contribution in [0.15, 0.2) is 35.1 Å². The second-order valence-electron chi connectivity index (χ2n) is 5.53. The molecule has 21 heavy (non-hydrogen) atoms. The molecule has 5 heteroatoms. The second-order valence-corrected chi connectivity index (χ2v) is 5.53. The summed E-state index contributed by atoms with van der Waals surface area (Å²) < 4.78 is 7.91. The molecule has 2 heterocycles. The summed E-state index contributed by atoms with van der Waals surface area (Å²) in [6.07, 6.45) is 6.17. The first-order valence-electron chi connectivity index (χ1n) is 7.47. The summed E-state index contributed by atoms with van der Waals surface area (Å²) in [5.74, 6) is 1.44. The predicted octanol–water partition coefficient (Wildman–Crippen LogP) is 3.53. The van der Waals surface area contributed by atoms with E-state index in [-0.39, 0.29) is 0 Å². The van der Waals surface area contributed by atoms with Crippen LogP contribution in [0.3, 0.4) is 0 Å². The Bertz CT molecular complexity index is 770. The van der Waals surface area contributed by atoms with Gasteiger partial charge in [-0.1, -0.05) is 0 Å². The van der Waals surface area contributed by atoms with Crippen LogP contribution in [0.4, 0.5) is 5.69 Å². The zero-order valence-corrected chi connectivity index (χ0v) is 12.0. The standard InChI is InChI=1S/C16H18N4O/c1-2-20-10-17-8-13(20)9-18-12-5-6-15-14(7-12)19-16(21-15)11-3-4-11/h5-8,10-11,18H,2-4,9H2,1H3. The van der Waals surface area contributed by atoms with Crippen LogP contribution in [0.5, 0.6) is 0 Å². The Kier molecular flexibility index (Phi) is 2.91. The van der Waals surface area contributed by atoms with Crippen LogP contribution in [-0.4, -0.2) is 14.5 Å². The minimum Gasteiger partial charge on any atom is -0.440 e. The molecule has 2 aromatic heterocycles. The quantitative estimate of drug-likeness (QED) is 0.777. The topological polar surface area (TPSA) is 55.9 Å². The van der Waals surface area contributed by atoms with Gasteiger partial charge in [0.15, 0.2) is 11.5 Å². The van der Waals surface area contributed by atoms with Crippen LogP contribution in [0.2, 0.25) is 0 Å². The van der Waals surface area contributed by atoms with Crippen molar-refractivity contribution in [2.45, 2.75) is 38.8 Å². The molecule has 1 aromatic carbocycles. The van der Waals surface area contributed by atoms with E-state index < -0.39 is 0 Å². The average Bonchev–Trinajstić information content (AvgIpc) is 3.11. The van der Waals surface area contributed by atoms with Gasteiger partial charge < -0.3 is 14.3 Å². The number of oxazole rings is 1. The van der Waals surface area contributed by atoms with Gasteiger partial charge in [-0.3, -0.25) is 0 Å². The number of benzene rings is 1. The van der Waals surface area contributed by atoms with Crippen molar-refractivity contribution in [2.75, 3.05) is 5.32 Å². The number of aromatic nitrogens is 3. The van der Waals surface area contributed by atoms with Gasteiger partial charge in [0.2, 0.25) is 0 Å². The highest BCUT2D eigenvalue weighted by molar-refractivity contribution is 5.77. The summed E-state index contributed by atoms with van der Waals surface area (Å²) in [6.45, 7) is 3.81. The highest BCUT2D eigenvalue weighted by Crippen LogP contribution is 2.40. The molecule has 1 aliphatic rings. The number of nitrogens with zero attached hydrogens (tertiary/aromatic N) is 3. The zero-order chi connectivity index (χ0) is 14.2. The van der Waals surface area contributed by atoms with Crippen molar-refractivity contribution < 1.29 is 4.42 Å². The number of rotatable bonds is 5. The third-order valence-electron chi connectivity index (χ3n) is 3.94. The Morgan fingerprint density at radius 1 is 1.38 bits per heavy atom. The Labute approximate surface area is 123 Å². The number of nitrogens with one attached hydrogen (secondary N) is 1. The van der Waals surface area contributed by atoms with Crippen molar-refractivity contribution in [3.05, 3.63) is 42.3 Å². The Balaban J connectivity index is 1.53. The SMILES string of the molecule is CCn1cncc1CNc1ccc2oc(C3CC3)nc2c1. The monoisotopic (exact) mass is 282 g/mol. The van der Waals surface area contributed by atoms with Gasteiger partial charge in [-0.2, -0.15) is 0 Å². The number of fused-ring (bicyclic) bond motifs is 1. The molecule has 0 saturated heterocycles. The fourth-order valence-corrected chi connectivity index (χ4v) is 2.53. The Morgan fingerprint density at radius 2 is 2.29 bits per heavy atom. The van der Waals surface area contributed by atoms with Gasteiger partial charge in [0.05, 0.1) is 18.6 Å². The molecule has 0 bridgehead atoms. The largest absolute Gasteiger partial charge is 0.440 e. The van der Waals surface area contributed by atoms with E-state index in [0.29, 0.717) is 5.92 Å². The Morgan fingerprint density at radius 3 is 3.10 bits per heavy atom. The van der Waals surface area contributed by atoms with Gasteiger partial charge in [0.25, 0.3) is 0 Å². The minimum atomic E-state index is 0.549.